The lowest BCUT2D eigenvalue weighted by Crippen LogP contribution is -2.13. The molecule has 11 aromatic carbocycles. The molecule has 0 bridgehead atoms. The molecule has 0 aliphatic heterocycles. The van der Waals surface area contributed by atoms with Crippen molar-refractivity contribution in [3.63, 3.8) is 0 Å². The van der Waals surface area contributed by atoms with E-state index in [9.17, 15) is 0 Å². The molecule has 0 aliphatic carbocycles. The summed E-state index contributed by atoms with van der Waals surface area (Å²) in [6, 6.07) is 95.4. The lowest BCUT2D eigenvalue weighted by atomic mass is 9.93. The lowest BCUT2D eigenvalue weighted by molar-refractivity contribution is 0.669. The van der Waals surface area contributed by atoms with Gasteiger partial charge < -0.3 is 14.2 Å². The Kier molecular flexibility index (Phi) is 10.2. The Morgan fingerprint density at radius 3 is 1.10 bits per heavy atom. The van der Waals surface area contributed by atoms with Gasteiger partial charge in [0.25, 0.3) is 0 Å². The van der Waals surface area contributed by atoms with Crippen LogP contribution in [0.15, 0.2) is 271 Å². The van der Waals surface area contributed by atoms with Gasteiger partial charge in [0.2, 0.25) is 0 Å². The molecule has 0 spiro atoms. The van der Waals surface area contributed by atoms with Crippen molar-refractivity contribution in [2.45, 2.75) is 0 Å². The first-order chi connectivity index (χ1) is 33.2. The highest BCUT2D eigenvalue weighted by Gasteiger charge is 2.27. The van der Waals surface area contributed by atoms with E-state index in [1.807, 2.05) is 0 Å². The fourth-order valence-corrected chi connectivity index (χ4v) is 9.70. The highest BCUT2D eigenvalue weighted by atomic mass is 16.3. The van der Waals surface area contributed by atoms with Gasteiger partial charge in [0.1, 0.15) is 5.58 Å². The molecule has 1 aromatic heterocycles. The highest BCUT2D eigenvalue weighted by Crippen LogP contribution is 2.51. The van der Waals surface area contributed by atoms with E-state index in [1.165, 1.54) is 22.3 Å². The Morgan fingerprint density at radius 1 is 0.269 bits per heavy atom. The standard InChI is InChI=1S/C64H44N2O/c1-7-21-45(22-8-1)55-37-35-53(43-57(55)47-25-11-3-12-26-47)65(51-31-15-5-16-32-51)60-39-40-61(64-63(60)59-41-49-29-19-20-30-50(49)42-62(59)67-64)66(52-33-17-6-18-34-52)54-36-38-56(46-23-9-2-10-24-46)58(44-54)48-27-13-4-14-28-48/h1-44H. The Bertz CT molecular complexity index is 3670. The molecule has 67 heavy (non-hydrogen) atoms. The second-order valence-corrected chi connectivity index (χ2v) is 16.9. The van der Waals surface area contributed by atoms with E-state index >= 15 is 0 Å². The third-order valence-corrected chi connectivity index (χ3v) is 12.8. The summed E-state index contributed by atoms with van der Waals surface area (Å²) in [5, 5.41) is 4.36. The normalized spacial score (nSPS) is 11.3. The number of furan rings is 1. The summed E-state index contributed by atoms with van der Waals surface area (Å²) >= 11 is 0. The van der Waals surface area contributed by atoms with Crippen LogP contribution in [0.3, 0.4) is 0 Å². The Labute approximate surface area is 390 Å². The van der Waals surface area contributed by atoms with Crippen LogP contribution in [-0.4, -0.2) is 0 Å². The number of benzene rings is 11. The fraction of sp³-hybridized carbons (Fsp3) is 0. The second kappa shape index (κ2) is 17.2. The van der Waals surface area contributed by atoms with Gasteiger partial charge in [0.05, 0.1) is 16.8 Å². The summed E-state index contributed by atoms with van der Waals surface area (Å²) in [5.74, 6) is 0. The van der Waals surface area contributed by atoms with E-state index in [-0.39, 0.29) is 0 Å². The zero-order valence-electron chi connectivity index (χ0n) is 36.7. The molecule has 0 aliphatic rings. The number of rotatable bonds is 10. The average molecular weight is 857 g/mol. The predicted molar refractivity (Wildman–Crippen MR) is 282 cm³/mol. The van der Waals surface area contributed by atoms with Crippen molar-refractivity contribution < 1.29 is 4.42 Å². The number of nitrogens with zero attached hydrogens (tertiary/aromatic N) is 2. The number of anilines is 6. The van der Waals surface area contributed by atoms with Gasteiger partial charge in [0.15, 0.2) is 5.58 Å². The van der Waals surface area contributed by atoms with Gasteiger partial charge in [-0.3, -0.25) is 0 Å². The van der Waals surface area contributed by atoms with Gasteiger partial charge in [-0.1, -0.05) is 194 Å². The minimum atomic E-state index is 0.796. The van der Waals surface area contributed by atoms with Crippen LogP contribution in [0.5, 0.6) is 0 Å². The number of hydrogen-bond acceptors (Lipinski definition) is 3. The van der Waals surface area contributed by atoms with Crippen molar-refractivity contribution in [1.29, 1.82) is 0 Å². The van der Waals surface area contributed by atoms with E-state index in [1.54, 1.807) is 0 Å². The molecule has 0 N–H and O–H groups in total. The molecule has 0 saturated carbocycles. The monoisotopic (exact) mass is 856 g/mol. The van der Waals surface area contributed by atoms with Crippen LogP contribution in [0, 0.1) is 0 Å². The van der Waals surface area contributed by atoms with Crippen LogP contribution in [0.25, 0.3) is 77.2 Å². The minimum absolute atomic E-state index is 0.796. The summed E-state index contributed by atoms with van der Waals surface area (Å²) in [6.07, 6.45) is 0. The molecular formula is C64H44N2O. The molecule has 0 fully saturated rings. The van der Waals surface area contributed by atoms with E-state index in [0.717, 1.165) is 89.1 Å². The third-order valence-electron chi connectivity index (χ3n) is 12.8. The maximum Gasteiger partial charge on any atom is 0.161 e. The first-order valence-corrected chi connectivity index (χ1v) is 22.8. The van der Waals surface area contributed by atoms with Gasteiger partial charge in [-0.2, -0.15) is 0 Å². The fourth-order valence-electron chi connectivity index (χ4n) is 9.70. The molecule has 1 heterocycles. The molecule has 0 saturated heterocycles. The van der Waals surface area contributed by atoms with Crippen molar-refractivity contribution in [3.8, 4) is 44.5 Å². The molecule has 0 radical (unpaired) electrons. The molecule has 3 nitrogen and oxygen atoms in total. The van der Waals surface area contributed by atoms with Gasteiger partial charge >= 0.3 is 0 Å². The molecule has 0 unspecified atom stereocenters. The smallest absolute Gasteiger partial charge is 0.161 e. The van der Waals surface area contributed by atoms with Gasteiger partial charge in [-0.05, 0) is 128 Å². The molecule has 0 amide bonds. The number of para-hydroxylation sites is 2. The Balaban J connectivity index is 1.14. The quantitative estimate of drug-likeness (QED) is 0.137. The summed E-state index contributed by atoms with van der Waals surface area (Å²) in [4.78, 5) is 4.75. The average Bonchev–Trinajstić information content (AvgIpc) is 3.79. The van der Waals surface area contributed by atoms with Gasteiger partial charge in [-0.25, -0.2) is 0 Å². The van der Waals surface area contributed by atoms with Gasteiger partial charge in [-0.15, -0.1) is 0 Å². The zero-order chi connectivity index (χ0) is 44.5. The number of hydrogen-bond donors (Lipinski definition) is 0. The topological polar surface area (TPSA) is 19.6 Å². The van der Waals surface area contributed by atoms with Crippen molar-refractivity contribution in [1.82, 2.24) is 0 Å². The van der Waals surface area contributed by atoms with Crippen LogP contribution in [-0.2, 0) is 0 Å². The Hall–Kier alpha value is -8.92. The van der Waals surface area contributed by atoms with Gasteiger partial charge in [0, 0.05) is 28.1 Å². The Morgan fingerprint density at radius 2 is 0.642 bits per heavy atom. The maximum absolute atomic E-state index is 7.29. The first-order valence-electron chi connectivity index (χ1n) is 22.8. The van der Waals surface area contributed by atoms with Crippen LogP contribution in [0.2, 0.25) is 0 Å². The number of fused-ring (bicyclic) bond motifs is 4. The molecule has 316 valence electrons. The van der Waals surface area contributed by atoms with Crippen molar-refractivity contribution in [2.24, 2.45) is 0 Å². The largest absolute Gasteiger partial charge is 0.454 e. The molecular weight excluding hydrogens is 813 g/mol. The summed E-state index contributed by atoms with van der Waals surface area (Å²) in [6.45, 7) is 0. The molecule has 12 aromatic rings. The van der Waals surface area contributed by atoms with Crippen LogP contribution in [0.1, 0.15) is 0 Å². The second-order valence-electron chi connectivity index (χ2n) is 16.9. The maximum atomic E-state index is 7.29. The molecule has 3 heteroatoms. The van der Waals surface area contributed by atoms with Crippen LogP contribution in [0.4, 0.5) is 34.1 Å². The van der Waals surface area contributed by atoms with E-state index < -0.39 is 0 Å². The molecule has 12 rings (SSSR count). The summed E-state index contributed by atoms with van der Waals surface area (Å²) in [5.41, 5.74) is 17.0. The molecule has 0 atom stereocenters. The lowest BCUT2D eigenvalue weighted by Gasteiger charge is -2.30. The minimum Gasteiger partial charge on any atom is -0.454 e. The van der Waals surface area contributed by atoms with Crippen molar-refractivity contribution in [2.75, 3.05) is 9.80 Å². The van der Waals surface area contributed by atoms with Crippen LogP contribution < -0.4 is 9.80 Å². The SMILES string of the molecule is c1ccc(-c2ccc(N(c3ccccc3)c3ccc(N(c4ccccc4)c4ccc(-c5ccccc5)c(-c5ccccc5)c4)c4c3oc3cc5ccccc5cc34)cc2-c2ccccc2)cc1. The zero-order valence-corrected chi connectivity index (χ0v) is 36.7. The predicted octanol–water partition coefficient (Wildman–Crippen LogP) is 18.3. The highest BCUT2D eigenvalue weighted by molar-refractivity contribution is 6.20. The van der Waals surface area contributed by atoms with Crippen molar-refractivity contribution >= 4 is 66.8 Å². The van der Waals surface area contributed by atoms with E-state index in [4.69, 9.17) is 4.42 Å². The van der Waals surface area contributed by atoms with E-state index in [0.29, 0.717) is 0 Å². The summed E-state index contributed by atoms with van der Waals surface area (Å²) in [7, 11) is 0. The van der Waals surface area contributed by atoms with Crippen molar-refractivity contribution in [3.05, 3.63) is 267 Å². The third kappa shape index (κ3) is 7.39. The summed E-state index contributed by atoms with van der Waals surface area (Å²) < 4.78 is 7.29. The van der Waals surface area contributed by atoms with E-state index in [2.05, 4.69) is 277 Å². The van der Waals surface area contributed by atoms with Crippen LogP contribution >= 0.6 is 0 Å². The first kappa shape index (κ1) is 39.7.